The van der Waals surface area contributed by atoms with E-state index in [9.17, 15) is 26.4 Å². The molecule has 0 aliphatic rings. The van der Waals surface area contributed by atoms with Gasteiger partial charge in [0.05, 0.1) is 4.90 Å². The van der Waals surface area contributed by atoms with Gasteiger partial charge in [-0.3, -0.25) is 0 Å². The number of carboxylic acid groups (broad SMARTS) is 1. The Labute approximate surface area is 106 Å². The lowest BCUT2D eigenvalue weighted by molar-refractivity contribution is -0.207. The van der Waals surface area contributed by atoms with E-state index in [0.29, 0.717) is 5.56 Å². The predicted molar refractivity (Wildman–Crippen MR) is 56.9 cm³/mol. The lowest BCUT2D eigenvalue weighted by Crippen LogP contribution is -2.40. The molecule has 9 heteroatoms. The van der Waals surface area contributed by atoms with E-state index in [0.717, 1.165) is 12.1 Å². The van der Waals surface area contributed by atoms with Gasteiger partial charge in [-0.2, -0.15) is 21.6 Å². The molecule has 0 amide bonds. The number of carbonyl (C=O) groups is 1. The fraction of sp³-hybridized carbons (Fsp3) is 0.300. The molecular formula is C10H9F3O5S. The average molecular weight is 298 g/mol. The summed E-state index contributed by atoms with van der Waals surface area (Å²) in [5, 5.41) is 8.35. The van der Waals surface area contributed by atoms with E-state index in [1.54, 1.807) is 6.92 Å². The maximum absolute atomic E-state index is 12.3. The Bertz CT molecular complexity index is 562. The zero-order valence-corrected chi connectivity index (χ0v) is 10.3. The summed E-state index contributed by atoms with van der Waals surface area (Å²) >= 11 is 0. The first-order valence-corrected chi connectivity index (χ1v) is 6.24. The molecule has 106 valence electrons. The minimum absolute atomic E-state index is 0.548. The Hall–Kier alpha value is -1.61. The maximum atomic E-state index is 12.3. The fourth-order valence-corrected chi connectivity index (χ4v) is 2.15. The van der Waals surface area contributed by atoms with Crippen LogP contribution in [0.2, 0.25) is 0 Å². The third kappa shape index (κ3) is 3.93. The Morgan fingerprint density at radius 2 is 1.74 bits per heavy atom. The highest BCUT2D eigenvalue weighted by molar-refractivity contribution is 7.86. The van der Waals surface area contributed by atoms with Gasteiger partial charge in [-0.05, 0) is 19.1 Å². The Morgan fingerprint density at radius 3 is 2.11 bits per heavy atom. The predicted octanol–water partition coefficient (Wildman–Crippen LogP) is 1.72. The fourth-order valence-electron chi connectivity index (χ4n) is 1.12. The quantitative estimate of drug-likeness (QED) is 0.856. The standard InChI is InChI=1S/C10H9F3O5S/c1-6-2-4-7(5-3-6)19(16,17)18-8(9(14)15)10(11,12)13/h2-5,8H,1H3,(H,14,15). The number of alkyl halides is 3. The van der Waals surface area contributed by atoms with Crippen LogP contribution in [0.15, 0.2) is 29.2 Å². The van der Waals surface area contributed by atoms with E-state index in [1.165, 1.54) is 12.1 Å². The normalized spacial score (nSPS) is 14.1. The zero-order valence-electron chi connectivity index (χ0n) is 9.51. The summed E-state index contributed by atoms with van der Waals surface area (Å²) in [6.07, 6.45) is -8.76. The number of rotatable bonds is 4. The van der Waals surface area contributed by atoms with Crippen LogP contribution in [0.3, 0.4) is 0 Å². The molecule has 1 aromatic rings. The van der Waals surface area contributed by atoms with Crippen molar-refractivity contribution >= 4 is 16.1 Å². The molecule has 0 saturated carbocycles. The highest BCUT2D eigenvalue weighted by atomic mass is 32.2. The minimum Gasteiger partial charge on any atom is -0.479 e. The summed E-state index contributed by atoms with van der Waals surface area (Å²) < 4.78 is 63.7. The van der Waals surface area contributed by atoms with Gasteiger partial charge in [-0.15, -0.1) is 0 Å². The molecule has 1 N–H and O–H groups in total. The Balaban J connectivity index is 3.08. The third-order valence-electron chi connectivity index (χ3n) is 2.05. The third-order valence-corrected chi connectivity index (χ3v) is 3.35. The number of halogens is 3. The Kier molecular flexibility index (Phi) is 4.21. The number of hydrogen-bond acceptors (Lipinski definition) is 4. The van der Waals surface area contributed by atoms with Crippen molar-refractivity contribution in [2.75, 3.05) is 0 Å². The summed E-state index contributed by atoms with van der Waals surface area (Å²) in [5.74, 6) is -2.43. The second-order valence-corrected chi connectivity index (χ2v) is 5.20. The van der Waals surface area contributed by atoms with Crippen molar-refractivity contribution in [3.05, 3.63) is 29.8 Å². The zero-order chi connectivity index (χ0) is 14.8. The largest absolute Gasteiger partial charge is 0.479 e. The van der Waals surface area contributed by atoms with Crippen molar-refractivity contribution < 1.29 is 35.7 Å². The van der Waals surface area contributed by atoms with Gasteiger partial charge in [0.2, 0.25) is 0 Å². The van der Waals surface area contributed by atoms with Gasteiger partial charge in [-0.25, -0.2) is 8.98 Å². The van der Waals surface area contributed by atoms with Gasteiger partial charge in [0.25, 0.3) is 16.2 Å². The second kappa shape index (κ2) is 5.17. The minimum atomic E-state index is -5.33. The monoisotopic (exact) mass is 298 g/mol. The summed E-state index contributed by atoms with van der Waals surface area (Å²) in [6, 6.07) is 4.75. The molecule has 0 spiro atoms. The van der Waals surface area contributed by atoms with E-state index in [2.05, 4.69) is 4.18 Å². The summed E-state index contributed by atoms with van der Waals surface area (Å²) in [5.41, 5.74) is 0.685. The molecule has 1 aromatic carbocycles. The smallest absolute Gasteiger partial charge is 0.427 e. The highest BCUT2D eigenvalue weighted by Gasteiger charge is 2.49. The van der Waals surface area contributed by atoms with Crippen LogP contribution in [-0.2, 0) is 19.1 Å². The molecule has 1 atom stereocenters. The van der Waals surface area contributed by atoms with E-state index < -0.39 is 33.3 Å². The number of benzene rings is 1. The van der Waals surface area contributed by atoms with Crippen LogP contribution in [0.25, 0.3) is 0 Å². The van der Waals surface area contributed by atoms with Crippen molar-refractivity contribution in [2.45, 2.75) is 24.1 Å². The summed E-state index contributed by atoms with van der Waals surface area (Å²) in [7, 11) is -4.81. The lowest BCUT2D eigenvalue weighted by atomic mass is 10.2. The van der Waals surface area contributed by atoms with E-state index >= 15 is 0 Å². The van der Waals surface area contributed by atoms with Gasteiger partial charge in [0, 0.05) is 0 Å². The average Bonchev–Trinajstić information content (AvgIpc) is 2.24. The molecule has 0 bridgehead atoms. The van der Waals surface area contributed by atoms with Crippen LogP contribution in [0.4, 0.5) is 13.2 Å². The number of aryl methyl sites for hydroxylation is 1. The van der Waals surface area contributed by atoms with Gasteiger partial charge in [0.15, 0.2) is 0 Å². The molecule has 0 heterocycles. The molecular weight excluding hydrogens is 289 g/mol. The maximum Gasteiger partial charge on any atom is 0.427 e. The van der Waals surface area contributed by atoms with E-state index in [4.69, 9.17) is 5.11 Å². The first-order chi connectivity index (χ1) is 8.54. The van der Waals surface area contributed by atoms with Gasteiger partial charge < -0.3 is 5.11 Å². The van der Waals surface area contributed by atoms with Gasteiger partial charge >= 0.3 is 12.1 Å². The van der Waals surface area contributed by atoms with Crippen LogP contribution >= 0.6 is 0 Å². The van der Waals surface area contributed by atoms with Crippen molar-refractivity contribution in [3.63, 3.8) is 0 Å². The van der Waals surface area contributed by atoms with Crippen molar-refractivity contribution in [1.82, 2.24) is 0 Å². The van der Waals surface area contributed by atoms with E-state index in [-0.39, 0.29) is 0 Å². The molecule has 1 rings (SSSR count). The first kappa shape index (κ1) is 15.4. The number of aliphatic carboxylic acids is 1. The van der Waals surface area contributed by atoms with Gasteiger partial charge in [0.1, 0.15) is 0 Å². The molecule has 0 saturated heterocycles. The van der Waals surface area contributed by atoms with Crippen molar-refractivity contribution in [3.8, 4) is 0 Å². The van der Waals surface area contributed by atoms with Crippen molar-refractivity contribution in [1.29, 1.82) is 0 Å². The van der Waals surface area contributed by atoms with E-state index in [1.807, 2.05) is 0 Å². The molecule has 0 fully saturated rings. The molecule has 19 heavy (non-hydrogen) atoms. The van der Waals surface area contributed by atoms with Crippen LogP contribution in [0.5, 0.6) is 0 Å². The van der Waals surface area contributed by atoms with Crippen LogP contribution in [0.1, 0.15) is 5.56 Å². The molecule has 0 aromatic heterocycles. The van der Waals surface area contributed by atoms with Gasteiger partial charge in [-0.1, -0.05) is 17.7 Å². The molecule has 1 unspecified atom stereocenters. The highest BCUT2D eigenvalue weighted by Crippen LogP contribution is 2.26. The second-order valence-electron chi connectivity index (χ2n) is 3.62. The Morgan fingerprint density at radius 1 is 1.26 bits per heavy atom. The number of hydrogen-bond donors (Lipinski definition) is 1. The van der Waals surface area contributed by atoms with Crippen molar-refractivity contribution in [2.24, 2.45) is 0 Å². The van der Waals surface area contributed by atoms with Crippen LogP contribution in [0, 0.1) is 6.92 Å². The number of carboxylic acids is 1. The first-order valence-electron chi connectivity index (χ1n) is 4.83. The van der Waals surface area contributed by atoms with Crippen LogP contribution in [-0.4, -0.2) is 31.8 Å². The van der Waals surface area contributed by atoms with Crippen LogP contribution < -0.4 is 0 Å². The molecule has 5 nitrogen and oxygen atoms in total. The molecule has 0 aliphatic carbocycles. The lowest BCUT2D eigenvalue weighted by Gasteiger charge is -2.16. The summed E-state index contributed by atoms with van der Waals surface area (Å²) in [4.78, 5) is 9.85. The molecule has 0 aliphatic heterocycles. The summed E-state index contributed by atoms with van der Waals surface area (Å²) in [6.45, 7) is 1.65. The molecule has 0 radical (unpaired) electrons. The SMILES string of the molecule is Cc1ccc(S(=O)(=O)OC(C(=O)O)C(F)(F)F)cc1. The topological polar surface area (TPSA) is 80.7 Å².